The third-order valence-electron chi connectivity index (χ3n) is 2.02. The Bertz CT molecular complexity index is 570. The molecule has 2 rings (SSSR count). The Hall–Kier alpha value is -1.53. The smallest absolute Gasteiger partial charge is 0.270 e. The van der Waals surface area contributed by atoms with Gasteiger partial charge in [-0.3, -0.25) is 10.1 Å². The van der Waals surface area contributed by atoms with Crippen LogP contribution in [0.4, 0.5) is 5.69 Å². The second-order valence-corrected chi connectivity index (χ2v) is 4.76. The molecule has 0 amide bonds. The molecule has 2 aromatic rings. The summed E-state index contributed by atoms with van der Waals surface area (Å²) in [6, 6.07) is 4.37. The molecular weight excluding hydrogens is 262 g/mol. The van der Waals surface area contributed by atoms with Crippen molar-refractivity contribution in [2.24, 2.45) is 0 Å². The zero-order valence-electron chi connectivity index (χ0n) is 8.81. The summed E-state index contributed by atoms with van der Waals surface area (Å²) >= 11 is 7.30. The Labute approximate surface area is 106 Å². The van der Waals surface area contributed by atoms with Crippen LogP contribution < -0.4 is 0 Å². The van der Waals surface area contributed by atoms with Crippen LogP contribution in [0.15, 0.2) is 34.4 Å². The van der Waals surface area contributed by atoms with E-state index in [1.165, 1.54) is 23.9 Å². The molecule has 0 fully saturated rings. The second-order valence-electron chi connectivity index (χ2n) is 3.32. The molecule has 7 heteroatoms. The van der Waals surface area contributed by atoms with Gasteiger partial charge in [0.25, 0.3) is 5.69 Å². The molecule has 88 valence electrons. The zero-order chi connectivity index (χ0) is 12.4. The van der Waals surface area contributed by atoms with E-state index in [-0.39, 0.29) is 5.69 Å². The minimum Gasteiger partial charge on any atom is -0.339 e. The number of benzene rings is 1. The molecule has 1 aromatic carbocycles. The number of aromatic amines is 1. The minimum atomic E-state index is -0.475. The summed E-state index contributed by atoms with van der Waals surface area (Å²) in [5, 5.41) is 11.6. The summed E-state index contributed by atoms with van der Waals surface area (Å²) in [4.78, 5) is 18.0. The van der Waals surface area contributed by atoms with E-state index >= 15 is 0 Å². The Morgan fingerprint density at radius 3 is 2.82 bits per heavy atom. The highest BCUT2D eigenvalue weighted by Crippen LogP contribution is 2.33. The van der Waals surface area contributed by atoms with Gasteiger partial charge in [0.05, 0.1) is 15.6 Å². The second kappa shape index (κ2) is 4.77. The van der Waals surface area contributed by atoms with Crippen molar-refractivity contribution < 1.29 is 4.92 Å². The highest BCUT2D eigenvalue weighted by molar-refractivity contribution is 7.99. The first-order valence-corrected chi connectivity index (χ1v) is 5.89. The molecule has 0 unspecified atom stereocenters. The van der Waals surface area contributed by atoms with Crippen molar-refractivity contribution in [2.45, 2.75) is 17.0 Å². The van der Waals surface area contributed by atoms with Crippen molar-refractivity contribution >= 4 is 29.1 Å². The van der Waals surface area contributed by atoms with Gasteiger partial charge < -0.3 is 4.98 Å². The summed E-state index contributed by atoms with van der Waals surface area (Å²) < 4.78 is 0. The molecule has 5 nitrogen and oxygen atoms in total. The van der Waals surface area contributed by atoms with Gasteiger partial charge in [-0.15, -0.1) is 0 Å². The number of nitro groups is 1. The van der Waals surface area contributed by atoms with Gasteiger partial charge in [0, 0.05) is 23.2 Å². The van der Waals surface area contributed by atoms with Crippen LogP contribution in [0.5, 0.6) is 0 Å². The van der Waals surface area contributed by atoms with Gasteiger partial charge in [-0.05, 0) is 13.0 Å². The Kier molecular flexibility index (Phi) is 3.35. The average molecular weight is 270 g/mol. The number of aromatic nitrogens is 2. The van der Waals surface area contributed by atoms with Crippen molar-refractivity contribution in [2.75, 3.05) is 0 Å². The summed E-state index contributed by atoms with van der Waals surface area (Å²) in [6.45, 7) is 1.87. The number of halogens is 1. The van der Waals surface area contributed by atoms with E-state index < -0.39 is 4.92 Å². The molecule has 0 saturated carbocycles. The number of hydrogen-bond donors (Lipinski definition) is 1. The number of hydrogen-bond acceptors (Lipinski definition) is 4. The average Bonchev–Trinajstić information content (AvgIpc) is 2.67. The standard InChI is InChI=1S/C10H8ClN3O2S/c1-6-5-12-10(13-6)17-9-3-2-7(14(15)16)4-8(9)11/h2-5H,1H3,(H,12,13). The maximum absolute atomic E-state index is 10.5. The fraction of sp³-hybridized carbons (Fsp3) is 0.100. The van der Waals surface area contributed by atoms with E-state index in [0.29, 0.717) is 10.2 Å². The van der Waals surface area contributed by atoms with E-state index in [1.807, 2.05) is 6.92 Å². The third-order valence-corrected chi connectivity index (χ3v) is 3.42. The van der Waals surface area contributed by atoms with Crippen molar-refractivity contribution in [1.82, 2.24) is 9.97 Å². The molecule has 1 N–H and O–H groups in total. The highest BCUT2D eigenvalue weighted by Gasteiger charge is 2.11. The molecule has 0 spiro atoms. The largest absolute Gasteiger partial charge is 0.339 e. The van der Waals surface area contributed by atoms with Gasteiger partial charge in [0.1, 0.15) is 0 Å². The number of H-pyrrole nitrogens is 1. The van der Waals surface area contributed by atoms with Crippen LogP contribution in [0.25, 0.3) is 0 Å². The number of non-ortho nitro benzene ring substituents is 1. The summed E-state index contributed by atoms with van der Waals surface area (Å²) in [6.07, 6.45) is 1.78. The number of nitrogens with one attached hydrogen (secondary N) is 1. The molecule has 1 aromatic heterocycles. The fourth-order valence-corrected chi connectivity index (χ4v) is 2.33. The number of aryl methyl sites for hydroxylation is 1. The number of nitro benzene ring substituents is 1. The van der Waals surface area contributed by atoms with E-state index in [4.69, 9.17) is 11.6 Å². The molecule has 0 saturated heterocycles. The van der Waals surface area contributed by atoms with Crippen LogP contribution in [0.3, 0.4) is 0 Å². The van der Waals surface area contributed by atoms with Crippen LogP contribution in [0, 0.1) is 17.0 Å². The van der Waals surface area contributed by atoms with Gasteiger partial charge in [-0.1, -0.05) is 23.4 Å². The normalized spacial score (nSPS) is 10.5. The van der Waals surface area contributed by atoms with Crippen LogP contribution in [0.2, 0.25) is 5.02 Å². The maximum Gasteiger partial charge on any atom is 0.270 e. The first kappa shape index (κ1) is 11.9. The monoisotopic (exact) mass is 269 g/mol. The zero-order valence-corrected chi connectivity index (χ0v) is 10.4. The lowest BCUT2D eigenvalue weighted by atomic mass is 10.3. The predicted molar refractivity (Wildman–Crippen MR) is 65.6 cm³/mol. The highest BCUT2D eigenvalue weighted by atomic mass is 35.5. The molecule has 0 radical (unpaired) electrons. The first-order chi connectivity index (χ1) is 8.06. The quantitative estimate of drug-likeness (QED) is 0.684. The molecule has 0 bridgehead atoms. The molecule has 0 aliphatic heterocycles. The van der Waals surface area contributed by atoms with Crippen LogP contribution in [-0.2, 0) is 0 Å². The van der Waals surface area contributed by atoms with Crippen molar-refractivity contribution in [3.05, 3.63) is 45.2 Å². The fourth-order valence-electron chi connectivity index (χ4n) is 1.23. The summed E-state index contributed by atoms with van der Waals surface area (Å²) in [5.74, 6) is 0. The Morgan fingerprint density at radius 1 is 1.53 bits per heavy atom. The maximum atomic E-state index is 10.5. The Balaban J connectivity index is 2.25. The summed E-state index contributed by atoms with van der Waals surface area (Å²) in [5.41, 5.74) is 0.862. The first-order valence-electron chi connectivity index (χ1n) is 4.70. The topological polar surface area (TPSA) is 71.8 Å². The lowest BCUT2D eigenvalue weighted by Gasteiger charge is -2.00. The number of imidazole rings is 1. The molecular formula is C10H8ClN3O2S. The molecule has 1 heterocycles. The lowest BCUT2D eigenvalue weighted by Crippen LogP contribution is -1.88. The van der Waals surface area contributed by atoms with E-state index in [0.717, 1.165) is 10.6 Å². The van der Waals surface area contributed by atoms with Gasteiger partial charge >= 0.3 is 0 Å². The van der Waals surface area contributed by atoms with Crippen LogP contribution in [0.1, 0.15) is 5.69 Å². The van der Waals surface area contributed by atoms with Crippen LogP contribution in [-0.4, -0.2) is 14.9 Å². The van der Waals surface area contributed by atoms with Crippen molar-refractivity contribution in [1.29, 1.82) is 0 Å². The van der Waals surface area contributed by atoms with E-state index in [9.17, 15) is 10.1 Å². The van der Waals surface area contributed by atoms with Gasteiger partial charge in [-0.25, -0.2) is 4.98 Å². The molecule has 0 aliphatic rings. The van der Waals surface area contributed by atoms with Gasteiger partial charge in [-0.2, -0.15) is 0 Å². The number of rotatable bonds is 3. The summed E-state index contributed by atoms with van der Waals surface area (Å²) in [7, 11) is 0. The van der Waals surface area contributed by atoms with E-state index in [2.05, 4.69) is 9.97 Å². The third kappa shape index (κ3) is 2.78. The van der Waals surface area contributed by atoms with Gasteiger partial charge in [0.2, 0.25) is 0 Å². The molecule has 17 heavy (non-hydrogen) atoms. The van der Waals surface area contributed by atoms with Crippen molar-refractivity contribution in [3.63, 3.8) is 0 Å². The van der Waals surface area contributed by atoms with E-state index in [1.54, 1.807) is 12.3 Å². The lowest BCUT2D eigenvalue weighted by molar-refractivity contribution is -0.384. The van der Waals surface area contributed by atoms with Crippen molar-refractivity contribution in [3.8, 4) is 0 Å². The molecule has 0 aliphatic carbocycles. The predicted octanol–water partition coefficient (Wildman–Crippen LogP) is 3.43. The molecule has 0 atom stereocenters. The van der Waals surface area contributed by atoms with Gasteiger partial charge in [0.15, 0.2) is 5.16 Å². The number of nitrogens with zero attached hydrogens (tertiary/aromatic N) is 2. The minimum absolute atomic E-state index is 0.0185. The SMILES string of the molecule is Cc1c[nH]c(Sc2ccc([N+](=O)[O-])cc2Cl)n1. The Morgan fingerprint density at radius 2 is 2.29 bits per heavy atom. The van der Waals surface area contributed by atoms with Crippen LogP contribution >= 0.6 is 23.4 Å².